The van der Waals surface area contributed by atoms with Crippen molar-refractivity contribution in [2.45, 2.75) is 11.8 Å². The number of anilines is 1. The first-order valence-electron chi connectivity index (χ1n) is 8.07. The summed E-state index contributed by atoms with van der Waals surface area (Å²) in [5, 5.41) is 13.0. The molecule has 0 bridgehead atoms. The standard InChI is InChI=1S/C18H15Cl3N4O2S/c1-25-16(9-27-15-7-6-11(19)8-13(15)21)23-24-18(25)28-10-17(26)22-14-5-3-2-4-12(14)20/h2-8H,9-10H2,1H3,(H,22,26). The molecule has 1 amide bonds. The number of nitrogens with zero attached hydrogens (tertiary/aromatic N) is 3. The molecule has 6 nitrogen and oxygen atoms in total. The minimum Gasteiger partial charge on any atom is -0.484 e. The number of para-hydroxylation sites is 1. The maximum Gasteiger partial charge on any atom is 0.234 e. The number of carbonyl (C=O) groups is 1. The number of ether oxygens (including phenoxy) is 1. The number of hydrogen-bond acceptors (Lipinski definition) is 5. The van der Waals surface area contributed by atoms with E-state index < -0.39 is 0 Å². The fourth-order valence-corrected chi connectivity index (χ4v) is 3.59. The number of amides is 1. The van der Waals surface area contributed by atoms with Gasteiger partial charge in [0.05, 0.1) is 21.5 Å². The molecule has 1 N–H and O–H groups in total. The molecule has 0 aliphatic carbocycles. The number of aromatic nitrogens is 3. The zero-order valence-electron chi connectivity index (χ0n) is 14.7. The second-order valence-electron chi connectivity index (χ2n) is 5.64. The lowest BCUT2D eigenvalue weighted by Gasteiger charge is -2.08. The Morgan fingerprint density at radius 2 is 1.93 bits per heavy atom. The maximum absolute atomic E-state index is 12.1. The topological polar surface area (TPSA) is 69.0 Å². The van der Waals surface area contributed by atoms with E-state index in [9.17, 15) is 4.79 Å². The van der Waals surface area contributed by atoms with Crippen molar-refractivity contribution in [2.75, 3.05) is 11.1 Å². The summed E-state index contributed by atoms with van der Waals surface area (Å²) in [5.41, 5.74) is 0.571. The molecule has 0 aliphatic heterocycles. The SMILES string of the molecule is Cn1c(COc2ccc(Cl)cc2Cl)nnc1SCC(=O)Nc1ccccc1Cl. The van der Waals surface area contributed by atoms with E-state index >= 15 is 0 Å². The first kappa shape index (κ1) is 20.8. The summed E-state index contributed by atoms with van der Waals surface area (Å²) in [4.78, 5) is 12.1. The Bertz CT molecular complexity index is 997. The summed E-state index contributed by atoms with van der Waals surface area (Å²) < 4.78 is 7.43. The molecule has 0 aliphatic rings. The average Bonchev–Trinajstić information content (AvgIpc) is 3.01. The summed E-state index contributed by atoms with van der Waals surface area (Å²) >= 11 is 19.3. The van der Waals surface area contributed by atoms with Gasteiger partial charge in [-0.25, -0.2) is 0 Å². The Morgan fingerprint density at radius 1 is 1.14 bits per heavy atom. The summed E-state index contributed by atoms with van der Waals surface area (Å²) in [5.74, 6) is 1.08. The van der Waals surface area contributed by atoms with Gasteiger partial charge in [0.2, 0.25) is 5.91 Å². The van der Waals surface area contributed by atoms with Crippen LogP contribution in [-0.4, -0.2) is 26.4 Å². The van der Waals surface area contributed by atoms with Crippen molar-refractivity contribution >= 4 is 58.2 Å². The molecule has 1 heterocycles. The van der Waals surface area contributed by atoms with E-state index in [0.717, 1.165) is 0 Å². The van der Waals surface area contributed by atoms with E-state index in [1.54, 1.807) is 54.1 Å². The van der Waals surface area contributed by atoms with Crippen molar-refractivity contribution in [3.8, 4) is 5.75 Å². The fourth-order valence-electron chi connectivity index (χ4n) is 2.21. The van der Waals surface area contributed by atoms with E-state index in [0.29, 0.717) is 37.5 Å². The Morgan fingerprint density at radius 3 is 2.68 bits per heavy atom. The van der Waals surface area contributed by atoms with Gasteiger partial charge in [0.25, 0.3) is 0 Å². The molecule has 0 radical (unpaired) electrons. The second-order valence-corrected chi connectivity index (χ2v) is 7.83. The number of benzene rings is 2. The predicted molar refractivity (Wildman–Crippen MR) is 113 cm³/mol. The molecule has 28 heavy (non-hydrogen) atoms. The number of halogens is 3. The van der Waals surface area contributed by atoms with E-state index in [4.69, 9.17) is 39.5 Å². The molecule has 0 saturated carbocycles. The highest BCUT2D eigenvalue weighted by Crippen LogP contribution is 2.28. The number of thioether (sulfide) groups is 1. The van der Waals surface area contributed by atoms with Crippen LogP contribution in [0, 0.1) is 0 Å². The van der Waals surface area contributed by atoms with E-state index in [2.05, 4.69) is 15.5 Å². The number of rotatable bonds is 7. The zero-order chi connectivity index (χ0) is 20.1. The van der Waals surface area contributed by atoms with Crippen LogP contribution in [0.4, 0.5) is 5.69 Å². The molecule has 3 rings (SSSR count). The van der Waals surface area contributed by atoms with Gasteiger partial charge in [0.15, 0.2) is 11.0 Å². The van der Waals surface area contributed by atoms with E-state index in [1.165, 1.54) is 11.8 Å². The summed E-state index contributed by atoms with van der Waals surface area (Å²) in [6.07, 6.45) is 0. The van der Waals surface area contributed by atoms with Gasteiger partial charge in [-0.15, -0.1) is 10.2 Å². The molecule has 2 aromatic carbocycles. The number of carbonyl (C=O) groups excluding carboxylic acids is 1. The van der Waals surface area contributed by atoms with E-state index in [1.807, 2.05) is 0 Å². The lowest BCUT2D eigenvalue weighted by molar-refractivity contribution is -0.113. The third kappa shape index (κ3) is 5.32. The minimum atomic E-state index is -0.188. The van der Waals surface area contributed by atoms with Crippen molar-refractivity contribution in [1.29, 1.82) is 0 Å². The van der Waals surface area contributed by atoms with Crippen LogP contribution in [0.15, 0.2) is 47.6 Å². The van der Waals surface area contributed by atoms with Crippen LogP contribution in [0.5, 0.6) is 5.75 Å². The molecule has 0 spiro atoms. The smallest absolute Gasteiger partial charge is 0.234 e. The molecule has 0 fully saturated rings. The van der Waals surface area contributed by atoms with Gasteiger partial charge in [-0.3, -0.25) is 4.79 Å². The van der Waals surface area contributed by atoms with Crippen molar-refractivity contribution in [1.82, 2.24) is 14.8 Å². The van der Waals surface area contributed by atoms with Crippen LogP contribution in [0.2, 0.25) is 15.1 Å². The van der Waals surface area contributed by atoms with Gasteiger partial charge >= 0.3 is 0 Å². The molecule has 0 unspecified atom stereocenters. The van der Waals surface area contributed by atoms with Crippen molar-refractivity contribution in [3.05, 3.63) is 63.4 Å². The summed E-state index contributed by atoms with van der Waals surface area (Å²) in [7, 11) is 1.80. The summed E-state index contributed by atoms with van der Waals surface area (Å²) in [6.45, 7) is 0.178. The Labute approximate surface area is 181 Å². The molecule has 0 saturated heterocycles. The normalized spacial score (nSPS) is 10.7. The van der Waals surface area contributed by atoms with Gasteiger partial charge in [-0.2, -0.15) is 0 Å². The average molecular weight is 458 g/mol. The van der Waals surface area contributed by atoms with E-state index in [-0.39, 0.29) is 18.3 Å². The maximum atomic E-state index is 12.1. The predicted octanol–water partition coefficient (Wildman–Crippen LogP) is 5.09. The molecule has 146 valence electrons. The van der Waals surface area contributed by atoms with Crippen LogP contribution in [0.3, 0.4) is 0 Å². The van der Waals surface area contributed by atoms with Crippen LogP contribution in [0.1, 0.15) is 5.82 Å². The highest BCUT2D eigenvalue weighted by molar-refractivity contribution is 7.99. The van der Waals surface area contributed by atoms with Gasteiger partial charge in [0.1, 0.15) is 12.4 Å². The number of nitrogens with one attached hydrogen (secondary N) is 1. The monoisotopic (exact) mass is 456 g/mol. The van der Waals surface area contributed by atoms with Gasteiger partial charge in [0, 0.05) is 12.1 Å². The third-order valence-electron chi connectivity index (χ3n) is 3.66. The van der Waals surface area contributed by atoms with Crippen LogP contribution in [0.25, 0.3) is 0 Å². The number of hydrogen-bond donors (Lipinski definition) is 1. The van der Waals surface area contributed by atoms with Crippen LogP contribution >= 0.6 is 46.6 Å². The second kappa shape index (κ2) is 9.52. The highest BCUT2D eigenvalue weighted by atomic mass is 35.5. The van der Waals surface area contributed by atoms with Crippen LogP contribution in [-0.2, 0) is 18.4 Å². The van der Waals surface area contributed by atoms with Gasteiger partial charge in [-0.1, -0.05) is 58.7 Å². The Balaban J connectivity index is 1.55. The third-order valence-corrected chi connectivity index (χ3v) is 5.54. The van der Waals surface area contributed by atoms with Crippen molar-refractivity contribution < 1.29 is 9.53 Å². The molecule has 0 atom stereocenters. The fraction of sp³-hybridized carbons (Fsp3) is 0.167. The van der Waals surface area contributed by atoms with Crippen molar-refractivity contribution in [3.63, 3.8) is 0 Å². The Hall–Kier alpha value is -1.93. The first-order valence-corrected chi connectivity index (χ1v) is 10.2. The largest absolute Gasteiger partial charge is 0.484 e. The quantitative estimate of drug-likeness (QED) is 0.501. The zero-order valence-corrected chi connectivity index (χ0v) is 17.7. The lowest BCUT2D eigenvalue weighted by atomic mass is 10.3. The van der Waals surface area contributed by atoms with Gasteiger partial charge in [-0.05, 0) is 30.3 Å². The summed E-state index contributed by atoms with van der Waals surface area (Å²) in [6, 6.07) is 12.0. The minimum absolute atomic E-state index is 0.168. The molecular formula is C18H15Cl3N4O2S. The Kier molecular flexibility index (Phi) is 7.07. The van der Waals surface area contributed by atoms with Gasteiger partial charge < -0.3 is 14.6 Å². The molecular weight excluding hydrogens is 443 g/mol. The van der Waals surface area contributed by atoms with Crippen molar-refractivity contribution in [2.24, 2.45) is 7.05 Å². The molecule has 3 aromatic rings. The lowest BCUT2D eigenvalue weighted by Crippen LogP contribution is -2.14. The molecule has 10 heteroatoms. The highest BCUT2D eigenvalue weighted by Gasteiger charge is 2.13. The first-order chi connectivity index (χ1) is 13.4. The van der Waals surface area contributed by atoms with Crippen LogP contribution < -0.4 is 10.1 Å². The molecule has 1 aromatic heterocycles.